The molecule has 1 aromatic carbocycles. The SMILES string of the molecule is CN(C)CC(C)(C)CNCc1ccc(F)c(C(F)(F)F)c1. The van der Waals surface area contributed by atoms with Crippen LogP contribution in [0.5, 0.6) is 0 Å². The molecule has 0 amide bonds. The first-order valence-corrected chi connectivity index (χ1v) is 6.72. The first-order valence-electron chi connectivity index (χ1n) is 6.72. The Hall–Kier alpha value is -1.14. The molecule has 0 bridgehead atoms. The van der Waals surface area contributed by atoms with Crippen molar-refractivity contribution in [2.45, 2.75) is 26.6 Å². The Kier molecular flexibility index (Phi) is 5.75. The van der Waals surface area contributed by atoms with Gasteiger partial charge in [0, 0.05) is 19.6 Å². The molecule has 0 aliphatic rings. The zero-order chi connectivity index (χ0) is 16.3. The molecule has 0 radical (unpaired) electrons. The minimum atomic E-state index is -4.66. The van der Waals surface area contributed by atoms with Gasteiger partial charge >= 0.3 is 6.18 Å². The highest BCUT2D eigenvalue weighted by Crippen LogP contribution is 2.31. The van der Waals surface area contributed by atoms with E-state index >= 15 is 0 Å². The van der Waals surface area contributed by atoms with Crippen LogP contribution in [0.15, 0.2) is 18.2 Å². The van der Waals surface area contributed by atoms with E-state index in [9.17, 15) is 17.6 Å². The van der Waals surface area contributed by atoms with Gasteiger partial charge in [-0.15, -0.1) is 0 Å². The van der Waals surface area contributed by atoms with E-state index in [1.807, 2.05) is 14.1 Å². The summed E-state index contributed by atoms with van der Waals surface area (Å²) in [5, 5.41) is 3.13. The molecule has 0 spiro atoms. The molecule has 0 aliphatic heterocycles. The quantitative estimate of drug-likeness (QED) is 0.809. The van der Waals surface area contributed by atoms with E-state index in [2.05, 4.69) is 24.1 Å². The van der Waals surface area contributed by atoms with Crippen molar-refractivity contribution in [3.05, 3.63) is 35.1 Å². The van der Waals surface area contributed by atoms with Crippen LogP contribution in [0.2, 0.25) is 0 Å². The Morgan fingerprint density at radius 1 is 1.14 bits per heavy atom. The van der Waals surface area contributed by atoms with Crippen LogP contribution in [0.1, 0.15) is 25.0 Å². The smallest absolute Gasteiger partial charge is 0.312 e. The van der Waals surface area contributed by atoms with Crippen molar-refractivity contribution in [2.75, 3.05) is 27.2 Å². The molecule has 0 unspecified atom stereocenters. The highest BCUT2D eigenvalue weighted by Gasteiger charge is 2.34. The second-order valence-electron chi connectivity index (χ2n) is 6.32. The van der Waals surface area contributed by atoms with Crippen molar-refractivity contribution in [1.82, 2.24) is 10.2 Å². The summed E-state index contributed by atoms with van der Waals surface area (Å²) >= 11 is 0. The molecule has 0 heterocycles. The zero-order valence-electron chi connectivity index (χ0n) is 12.8. The second-order valence-corrected chi connectivity index (χ2v) is 6.32. The average molecular weight is 306 g/mol. The maximum Gasteiger partial charge on any atom is 0.419 e. The molecule has 1 rings (SSSR count). The average Bonchev–Trinajstić information content (AvgIpc) is 2.27. The Morgan fingerprint density at radius 3 is 2.29 bits per heavy atom. The number of hydrogen-bond donors (Lipinski definition) is 1. The van der Waals surface area contributed by atoms with Crippen LogP contribution in [-0.4, -0.2) is 32.1 Å². The summed E-state index contributed by atoms with van der Waals surface area (Å²) < 4.78 is 51.0. The molecular formula is C15H22F4N2. The number of hydrogen-bond acceptors (Lipinski definition) is 2. The van der Waals surface area contributed by atoms with E-state index in [1.54, 1.807) is 0 Å². The maximum absolute atomic E-state index is 13.2. The van der Waals surface area contributed by atoms with Crippen LogP contribution in [0, 0.1) is 11.2 Å². The van der Waals surface area contributed by atoms with Gasteiger partial charge in [-0.1, -0.05) is 19.9 Å². The third-order valence-corrected chi connectivity index (χ3v) is 3.01. The Bertz CT molecular complexity index is 467. The fourth-order valence-corrected chi connectivity index (χ4v) is 2.36. The molecule has 0 aromatic heterocycles. The lowest BCUT2D eigenvalue weighted by molar-refractivity contribution is -0.140. The van der Waals surface area contributed by atoms with Gasteiger partial charge in [-0.05, 0) is 37.2 Å². The predicted octanol–water partition coefficient (Wildman–Crippen LogP) is 3.52. The Morgan fingerprint density at radius 2 is 1.76 bits per heavy atom. The fourth-order valence-electron chi connectivity index (χ4n) is 2.36. The van der Waals surface area contributed by atoms with E-state index in [0.717, 1.165) is 18.7 Å². The third kappa shape index (κ3) is 6.01. The van der Waals surface area contributed by atoms with Gasteiger partial charge in [0.25, 0.3) is 0 Å². The molecule has 2 nitrogen and oxygen atoms in total. The number of benzene rings is 1. The van der Waals surface area contributed by atoms with E-state index in [0.29, 0.717) is 12.1 Å². The van der Waals surface area contributed by atoms with E-state index in [4.69, 9.17) is 0 Å². The van der Waals surface area contributed by atoms with Crippen LogP contribution in [0.4, 0.5) is 17.6 Å². The van der Waals surface area contributed by atoms with Gasteiger partial charge in [0.1, 0.15) is 5.82 Å². The summed E-state index contributed by atoms with van der Waals surface area (Å²) in [4.78, 5) is 2.06. The van der Waals surface area contributed by atoms with Crippen LogP contribution in [0.3, 0.4) is 0 Å². The van der Waals surface area contributed by atoms with Crippen molar-refractivity contribution >= 4 is 0 Å². The molecule has 1 N–H and O–H groups in total. The van der Waals surface area contributed by atoms with E-state index in [1.165, 1.54) is 6.07 Å². The molecule has 0 atom stereocenters. The van der Waals surface area contributed by atoms with Gasteiger partial charge in [0.05, 0.1) is 5.56 Å². The molecule has 120 valence electrons. The summed E-state index contributed by atoms with van der Waals surface area (Å²) in [6.45, 7) is 5.94. The van der Waals surface area contributed by atoms with Gasteiger partial charge in [-0.3, -0.25) is 0 Å². The van der Waals surface area contributed by atoms with Crippen LogP contribution in [-0.2, 0) is 12.7 Å². The summed E-state index contributed by atoms with van der Waals surface area (Å²) in [7, 11) is 3.94. The lowest BCUT2D eigenvalue weighted by Gasteiger charge is -2.28. The minimum absolute atomic E-state index is 0.00358. The van der Waals surface area contributed by atoms with Crippen molar-refractivity contribution in [3.8, 4) is 0 Å². The predicted molar refractivity (Wildman–Crippen MR) is 75.4 cm³/mol. The van der Waals surface area contributed by atoms with E-state index in [-0.39, 0.29) is 12.0 Å². The largest absolute Gasteiger partial charge is 0.419 e. The molecule has 6 heteroatoms. The molecule has 0 saturated carbocycles. The van der Waals surface area contributed by atoms with Crippen molar-refractivity contribution in [2.24, 2.45) is 5.41 Å². The first-order chi connectivity index (χ1) is 9.51. The van der Waals surface area contributed by atoms with Crippen molar-refractivity contribution < 1.29 is 17.6 Å². The topological polar surface area (TPSA) is 15.3 Å². The zero-order valence-corrected chi connectivity index (χ0v) is 12.8. The summed E-state index contributed by atoms with van der Waals surface area (Å²) in [5.74, 6) is -1.24. The highest BCUT2D eigenvalue weighted by atomic mass is 19.4. The number of nitrogens with zero attached hydrogens (tertiary/aromatic N) is 1. The van der Waals surface area contributed by atoms with Crippen LogP contribution < -0.4 is 5.32 Å². The van der Waals surface area contributed by atoms with Gasteiger partial charge in [-0.2, -0.15) is 13.2 Å². The normalized spacial score (nSPS) is 13.0. The number of halogens is 4. The van der Waals surface area contributed by atoms with Crippen molar-refractivity contribution in [1.29, 1.82) is 0 Å². The summed E-state index contributed by atoms with van der Waals surface area (Å²) in [5.41, 5.74) is -0.796. The van der Waals surface area contributed by atoms with E-state index < -0.39 is 17.6 Å². The summed E-state index contributed by atoms with van der Waals surface area (Å²) in [6.07, 6.45) is -4.66. The molecule has 0 aliphatic carbocycles. The molecule has 21 heavy (non-hydrogen) atoms. The first kappa shape index (κ1) is 17.9. The van der Waals surface area contributed by atoms with Gasteiger partial charge < -0.3 is 10.2 Å². The van der Waals surface area contributed by atoms with Crippen LogP contribution >= 0.6 is 0 Å². The Balaban J connectivity index is 2.65. The van der Waals surface area contributed by atoms with Gasteiger partial charge in [0.2, 0.25) is 0 Å². The lowest BCUT2D eigenvalue weighted by atomic mass is 9.93. The second kappa shape index (κ2) is 6.75. The summed E-state index contributed by atoms with van der Waals surface area (Å²) in [6, 6.07) is 3.10. The van der Waals surface area contributed by atoms with Gasteiger partial charge in [-0.25, -0.2) is 4.39 Å². The standard InChI is InChI=1S/C15H22F4N2/c1-14(2,10-21(3)4)9-20-8-11-5-6-13(16)12(7-11)15(17,18)19/h5-7,20H,8-10H2,1-4H3. The fraction of sp³-hybridized carbons (Fsp3) is 0.600. The third-order valence-electron chi connectivity index (χ3n) is 3.01. The number of alkyl halides is 3. The lowest BCUT2D eigenvalue weighted by Crippen LogP contribution is -2.37. The highest BCUT2D eigenvalue weighted by molar-refractivity contribution is 5.27. The van der Waals surface area contributed by atoms with Gasteiger partial charge in [0.15, 0.2) is 0 Å². The van der Waals surface area contributed by atoms with Crippen molar-refractivity contribution in [3.63, 3.8) is 0 Å². The minimum Gasteiger partial charge on any atom is -0.312 e. The molecule has 0 fully saturated rings. The molecule has 1 aromatic rings. The van der Waals surface area contributed by atoms with Crippen LogP contribution in [0.25, 0.3) is 0 Å². The maximum atomic E-state index is 13.2. The number of rotatable bonds is 6. The molecule has 0 saturated heterocycles. The Labute approximate surface area is 123 Å². The molecular weight excluding hydrogens is 284 g/mol. The number of nitrogens with one attached hydrogen (secondary N) is 1. The monoisotopic (exact) mass is 306 g/mol.